The second-order valence-electron chi connectivity index (χ2n) is 6.14. The number of benzene rings is 2. The molecule has 1 fully saturated rings. The van der Waals surface area contributed by atoms with Crippen molar-refractivity contribution in [2.24, 2.45) is 5.73 Å². The van der Waals surface area contributed by atoms with Crippen LogP contribution in [0.5, 0.6) is 0 Å². The van der Waals surface area contributed by atoms with Crippen molar-refractivity contribution in [3.05, 3.63) is 42.0 Å². The molecule has 0 unspecified atom stereocenters. The minimum absolute atomic E-state index is 0.0165. The molecular weight excluding hydrogens is 336 g/mol. The van der Waals surface area contributed by atoms with Crippen LogP contribution in [0.1, 0.15) is 10.4 Å². The van der Waals surface area contributed by atoms with Crippen LogP contribution in [0.25, 0.3) is 10.8 Å². The summed E-state index contributed by atoms with van der Waals surface area (Å²) in [7, 11) is 0. The molecule has 7 heteroatoms. The maximum atomic E-state index is 12.8. The summed E-state index contributed by atoms with van der Waals surface area (Å²) in [5.41, 5.74) is 7.44. The van der Waals surface area contributed by atoms with Crippen molar-refractivity contribution in [1.29, 1.82) is 0 Å². The number of fused-ring (bicyclic) bond motifs is 1. The van der Waals surface area contributed by atoms with E-state index in [1.54, 1.807) is 11.0 Å². The quantitative estimate of drug-likeness (QED) is 0.603. The Labute approximate surface area is 152 Å². The van der Waals surface area contributed by atoms with Crippen LogP contribution in [0.4, 0.5) is 5.69 Å². The third kappa shape index (κ3) is 4.05. The van der Waals surface area contributed by atoms with Crippen LogP contribution in [0, 0.1) is 0 Å². The van der Waals surface area contributed by atoms with E-state index in [1.807, 2.05) is 30.3 Å². The molecule has 3 rings (SSSR count). The number of carbonyl (C=O) groups is 2. The van der Waals surface area contributed by atoms with E-state index < -0.39 is 0 Å². The largest absolute Gasteiger partial charge is 0.383 e. The Morgan fingerprint density at radius 1 is 1.36 bits per heavy atom. The Kier molecular flexibility index (Phi) is 5.45. The molecule has 2 amide bonds. The predicted molar refractivity (Wildman–Crippen MR) is 103 cm³/mol. The van der Waals surface area contributed by atoms with Crippen LogP contribution in [-0.4, -0.2) is 54.7 Å². The summed E-state index contributed by atoms with van der Waals surface area (Å²) >= 11 is 4.18. The van der Waals surface area contributed by atoms with Crippen molar-refractivity contribution in [2.45, 2.75) is 6.04 Å². The van der Waals surface area contributed by atoms with Gasteiger partial charge in [-0.3, -0.25) is 9.59 Å². The highest BCUT2D eigenvalue weighted by atomic mass is 32.1. The van der Waals surface area contributed by atoms with Crippen molar-refractivity contribution in [3.8, 4) is 0 Å². The Morgan fingerprint density at radius 2 is 2.20 bits per heavy atom. The Hall–Kier alpha value is -2.25. The van der Waals surface area contributed by atoms with Gasteiger partial charge in [0.25, 0.3) is 5.91 Å². The first kappa shape index (κ1) is 17.6. The molecule has 1 heterocycles. The summed E-state index contributed by atoms with van der Waals surface area (Å²) in [5.74, 6) is 0.382. The summed E-state index contributed by atoms with van der Waals surface area (Å²) in [5, 5.41) is 7.86. The molecule has 132 valence electrons. The van der Waals surface area contributed by atoms with Gasteiger partial charge in [-0.15, -0.1) is 0 Å². The lowest BCUT2D eigenvalue weighted by molar-refractivity contribution is -0.123. The molecule has 2 aromatic carbocycles. The van der Waals surface area contributed by atoms with E-state index in [2.05, 4.69) is 23.3 Å². The molecular formula is C18H22N4O2S. The number of nitrogens with two attached hydrogens (primary N) is 1. The minimum atomic E-state index is -0.119. The predicted octanol–water partition coefficient (Wildman–Crippen LogP) is 1.08. The van der Waals surface area contributed by atoms with Crippen LogP contribution in [-0.2, 0) is 4.79 Å². The molecule has 0 spiro atoms. The molecule has 0 bridgehead atoms. The van der Waals surface area contributed by atoms with Crippen LogP contribution >= 0.6 is 12.6 Å². The molecule has 1 aliphatic heterocycles. The maximum absolute atomic E-state index is 12.8. The smallest absolute Gasteiger partial charge is 0.255 e. The van der Waals surface area contributed by atoms with Gasteiger partial charge in [-0.05, 0) is 29.0 Å². The topological polar surface area (TPSA) is 87.5 Å². The number of piperazine rings is 1. The summed E-state index contributed by atoms with van der Waals surface area (Å²) in [6.07, 6.45) is 0. The fraction of sp³-hybridized carbons (Fsp3) is 0.333. The number of thiol groups is 1. The molecule has 0 radical (unpaired) electrons. The van der Waals surface area contributed by atoms with E-state index in [4.69, 9.17) is 5.73 Å². The molecule has 1 aliphatic rings. The lowest BCUT2D eigenvalue weighted by Crippen LogP contribution is -2.50. The normalized spacial score (nSPS) is 15.8. The van der Waals surface area contributed by atoms with Crippen molar-refractivity contribution in [3.63, 3.8) is 0 Å². The SMILES string of the molecule is N[C@@H](CS)CNc1ccc2c(C(=O)N3CCNC(=O)C3)cccc2c1. The van der Waals surface area contributed by atoms with Gasteiger partial charge in [-0.2, -0.15) is 12.6 Å². The fourth-order valence-electron chi connectivity index (χ4n) is 2.88. The third-order valence-corrected chi connectivity index (χ3v) is 4.71. The Morgan fingerprint density at radius 3 is 2.96 bits per heavy atom. The van der Waals surface area contributed by atoms with Crippen molar-refractivity contribution >= 4 is 40.9 Å². The van der Waals surface area contributed by atoms with E-state index >= 15 is 0 Å². The van der Waals surface area contributed by atoms with Gasteiger partial charge < -0.3 is 21.3 Å². The number of rotatable bonds is 5. The number of hydrogen-bond donors (Lipinski definition) is 4. The summed E-state index contributed by atoms with van der Waals surface area (Å²) < 4.78 is 0. The number of carbonyl (C=O) groups excluding carboxylic acids is 2. The minimum Gasteiger partial charge on any atom is -0.383 e. The van der Waals surface area contributed by atoms with E-state index in [0.29, 0.717) is 31.0 Å². The second-order valence-corrected chi connectivity index (χ2v) is 6.51. The average molecular weight is 358 g/mol. The van der Waals surface area contributed by atoms with Crippen molar-refractivity contribution in [1.82, 2.24) is 10.2 Å². The lowest BCUT2D eigenvalue weighted by atomic mass is 10.0. The summed E-state index contributed by atoms with van der Waals surface area (Å²) in [6.45, 7) is 1.77. The van der Waals surface area contributed by atoms with Crippen LogP contribution in [0.3, 0.4) is 0 Å². The first-order valence-corrected chi connectivity index (χ1v) is 8.91. The molecule has 6 nitrogen and oxygen atoms in total. The highest BCUT2D eigenvalue weighted by Gasteiger charge is 2.23. The molecule has 0 aliphatic carbocycles. The fourth-order valence-corrected chi connectivity index (χ4v) is 3.01. The highest BCUT2D eigenvalue weighted by Crippen LogP contribution is 2.24. The van der Waals surface area contributed by atoms with E-state index in [0.717, 1.165) is 16.5 Å². The van der Waals surface area contributed by atoms with Crippen LogP contribution < -0.4 is 16.4 Å². The molecule has 25 heavy (non-hydrogen) atoms. The average Bonchev–Trinajstić information content (AvgIpc) is 2.64. The van der Waals surface area contributed by atoms with E-state index in [-0.39, 0.29) is 24.4 Å². The monoisotopic (exact) mass is 358 g/mol. The maximum Gasteiger partial charge on any atom is 0.255 e. The second kappa shape index (κ2) is 7.76. The van der Waals surface area contributed by atoms with Crippen LogP contribution in [0.2, 0.25) is 0 Å². The van der Waals surface area contributed by atoms with Crippen molar-refractivity contribution in [2.75, 3.05) is 37.2 Å². The lowest BCUT2D eigenvalue weighted by Gasteiger charge is -2.27. The van der Waals surface area contributed by atoms with Gasteiger partial charge in [0.1, 0.15) is 0 Å². The van der Waals surface area contributed by atoms with Gasteiger partial charge in [0.05, 0.1) is 6.54 Å². The Bertz CT molecular complexity index is 796. The first-order chi connectivity index (χ1) is 12.1. The van der Waals surface area contributed by atoms with Crippen LogP contribution in [0.15, 0.2) is 36.4 Å². The molecule has 1 atom stereocenters. The zero-order valence-electron chi connectivity index (χ0n) is 13.9. The summed E-state index contributed by atoms with van der Waals surface area (Å²) in [6, 6.07) is 11.5. The standard InChI is InChI=1S/C18H22N4O2S/c19-13(11-25)9-21-14-4-5-15-12(8-14)2-1-3-16(15)18(24)22-7-6-20-17(23)10-22/h1-5,8,13,21,25H,6-7,9-11,19H2,(H,20,23)/t13-/m1/s1. The zero-order valence-corrected chi connectivity index (χ0v) is 14.8. The Balaban J connectivity index is 1.84. The molecule has 4 N–H and O–H groups in total. The van der Waals surface area contributed by atoms with Crippen molar-refractivity contribution < 1.29 is 9.59 Å². The number of nitrogens with one attached hydrogen (secondary N) is 2. The van der Waals surface area contributed by atoms with Gasteiger partial charge >= 0.3 is 0 Å². The molecule has 0 saturated carbocycles. The molecule has 2 aromatic rings. The van der Waals surface area contributed by atoms with Gasteiger partial charge in [-0.1, -0.05) is 18.2 Å². The zero-order chi connectivity index (χ0) is 17.8. The van der Waals surface area contributed by atoms with Gasteiger partial charge in [0, 0.05) is 42.7 Å². The number of amides is 2. The number of anilines is 1. The third-order valence-electron chi connectivity index (χ3n) is 4.24. The van der Waals surface area contributed by atoms with E-state index in [1.165, 1.54) is 0 Å². The molecule has 0 aromatic heterocycles. The highest BCUT2D eigenvalue weighted by molar-refractivity contribution is 7.80. The van der Waals surface area contributed by atoms with E-state index in [9.17, 15) is 9.59 Å². The first-order valence-electron chi connectivity index (χ1n) is 8.27. The number of nitrogens with zero attached hydrogens (tertiary/aromatic N) is 1. The van der Waals surface area contributed by atoms with Gasteiger partial charge in [0.15, 0.2) is 0 Å². The molecule has 1 saturated heterocycles. The van der Waals surface area contributed by atoms with Gasteiger partial charge in [-0.25, -0.2) is 0 Å². The summed E-state index contributed by atoms with van der Waals surface area (Å²) in [4.78, 5) is 25.9. The number of hydrogen-bond acceptors (Lipinski definition) is 5. The van der Waals surface area contributed by atoms with Gasteiger partial charge in [0.2, 0.25) is 5.91 Å².